The lowest BCUT2D eigenvalue weighted by Crippen LogP contribution is -3.12. The van der Waals surface area contributed by atoms with Crippen molar-refractivity contribution in [3.63, 3.8) is 0 Å². The van der Waals surface area contributed by atoms with Gasteiger partial charge in [0.1, 0.15) is 0 Å². The van der Waals surface area contributed by atoms with Crippen molar-refractivity contribution in [3.8, 4) is 0 Å². The average molecular weight is 207 g/mol. The first kappa shape index (κ1) is 13.2. The molecule has 0 spiro atoms. The van der Waals surface area contributed by atoms with Crippen LogP contribution in [0.1, 0.15) is 46.0 Å². The Morgan fingerprint density at radius 2 is 1.31 bits per heavy atom. The second-order valence-electron chi connectivity index (χ2n) is 3.75. The number of alkyl halides is 1. The molecule has 0 saturated heterocycles. The Hall–Kier alpha value is 0.250. The van der Waals surface area contributed by atoms with E-state index in [2.05, 4.69) is 13.8 Å². The molecule has 0 rings (SSSR count). The Bertz CT molecular complexity index is 77.1. The summed E-state index contributed by atoms with van der Waals surface area (Å²) in [5, 5.41) is 0. The molecule has 0 heterocycles. The van der Waals surface area contributed by atoms with Gasteiger partial charge < -0.3 is 4.90 Å². The molecular weight excluding hydrogens is 182 g/mol. The maximum Gasteiger partial charge on any atom is 0.0782 e. The maximum atomic E-state index is 5.70. The number of nitrogens with one attached hydrogen (secondary N) is 1. The van der Waals surface area contributed by atoms with Crippen LogP contribution in [0.15, 0.2) is 0 Å². The van der Waals surface area contributed by atoms with Crippen molar-refractivity contribution in [1.29, 1.82) is 0 Å². The van der Waals surface area contributed by atoms with E-state index < -0.39 is 0 Å². The number of unbranched alkanes of at least 4 members (excludes halogenated alkanes) is 2. The highest BCUT2D eigenvalue weighted by Gasteiger charge is 2.05. The summed E-state index contributed by atoms with van der Waals surface area (Å²) in [6.45, 7) is 8.47. The monoisotopic (exact) mass is 206 g/mol. The average Bonchev–Trinajstić information content (AvgIpc) is 2.17. The van der Waals surface area contributed by atoms with Gasteiger partial charge in [0.25, 0.3) is 0 Å². The molecule has 13 heavy (non-hydrogen) atoms. The van der Waals surface area contributed by atoms with Crippen molar-refractivity contribution in [2.75, 3.05) is 25.5 Å². The van der Waals surface area contributed by atoms with Crippen LogP contribution in [0, 0.1) is 0 Å². The van der Waals surface area contributed by atoms with Crippen LogP contribution in [0.2, 0.25) is 0 Å². The molecule has 0 atom stereocenters. The molecule has 0 aromatic carbocycles. The van der Waals surface area contributed by atoms with Crippen molar-refractivity contribution in [3.05, 3.63) is 0 Å². The third-order valence-electron chi connectivity index (χ3n) is 2.43. The number of hydrogen-bond donors (Lipinski definition) is 1. The molecule has 0 radical (unpaired) electrons. The largest absolute Gasteiger partial charge is 0.335 e. The predicted octanol–water partition coefficient (Wildman–Crippen LogP) is 2.10. The van der Waals surface area contributed by atoms with Gasteiger partial charge in [0.2, 0.25) is 0 Å². The summed E-state index contributed by atoms with van der Waals surface area (Å²) in [7, 11) is 0. The Morgan fingerprint density at radius 1 is 0.846 bits per heavy atom. The lowest BCUT2D eigenvalue weighted by Gasteiger charge is -2.18. The molecule has 0 amide bonds. The minimum Gasteiger partial charge on any atom is -0.335 e. The molecule has 1 nitrogen and oxygen atoms in total. The quantitative estimate of drug-likeness (QED) is 0.552. The summed E-state index contributed by atoms with van der Waals surface area (Å²) in [6.07, 6.45) is 6.53. The molecule has 0 aromatic rings. The van der Waals surface area contributed by atoms with Gasteiger partial charge in [0, 0.05) is 12.3 Å². The highest BCUT2D eigenvalue weighted by atomic mass is 35.5. The fourth-order valence-electron chi connectivity index (χ4n) is 1.55. The lowest BCUT2D eigenvalue weighted by atomic mass is 10.2. The van der Waals surface area contributed by atoms with Crippen LogP contribution in [0.25, 0.3) is 0 Å². The molecule has 0 fully saturated rings. The molecule has 0 aliphatic carbocycles. The number of halogens is 1. The van der Waals surface area contributed by atoms with E-state index in [4.69, 9.17) is 11.6 Å². The van der Waals surface area contributed by atoms with Gasteiger partial charge >= 0.3 is 0 Å². The lowest BCUT2D eigenvalue weighted by molar-refractivity contribution is -0.900. The third kappa shape index (κ3) is 8.58. The Balaban J connectivity index is 3.47. The zero-order valence-corrected chi connectivity index (χ0v) is 10.00. The first-order valence-electron chi connectivity index (χ1n) is 5.74. The van der Waals surface area contributed by atoms with Crippen molar-refractivity contribution < 1.29 is 4.90 Å². The molecule has 0 aliphatic heterocycles. The second kappa shape index (κ2) is 10.3. The van der Waals surface area contributed by atoms with E-state index in [0.717, 1.165) is 5.88 Å². The minimum atomic E-state index is 0.821. The number of quaternary nitrogens is 1. The highest BCUT2D eigenvalue weighted by Crippen LogP contribution is 1.85. The van der Waals surface area contributed by atoms with E-state index in [1.54, 1.807) is 4.90 Å². The van der Waals surface area contributed by atoms with Crippen molar-refractivity contribution in [2.45, 2.75) is 46.0 Å². The fraction of sp³-hybridized carbons (Fsp3) is 1.00. The Kier molecular flexibility index (Phi) is 10.5. The van der Waals surface area contributed by atoms with Crippen LogP contribution in [0.4, 0.5) is 0 Å². The van der Waals surface area contributed by atoms with E-state index >= 15 is 0 Å². The van der Waals surface area contributed by atoms with Crippen molar-refractivity contribution in [2.24, 2.45) is 0 Å². The van der Waals surface area contributed by atoms with Crippen molar-refractivity contribution in [1.82, 2.24) is 0 Å². The fourth-order valence-corrected chi connectivity index (χ4v) is 1.68. The highest BCUT2D eigenvalue weighted by molar-refractivity contribution is 6.17. The van der Waals surface area contributed by atoms with E-state index in [-0.39, 0.29) is 0 Å². The normalized spacial score (nSPS) is 11.1. The second-order valence-corrected chi connectivity index (χ2v) is 4.13. The zero-order valence-electron chi connectivity index (χ0n) is 9.24. The summed E-state index contributed by atoms with van der Waals surface area (Å²) >= 11 is 5.70. The van der Waals surface area contributed by atoms with Crippen LogP contribution < -0.4 is 4.90 Å². The van der Waals surface area contributed by atoms with Gasteiger partial charge in [-0.2, -0.15) is 0 Å². The smallest absolute Gasteiger partial charge is 0.0782 e. The first-order chi connectivity index (χ1) is 6.35. The van der Waals surface area contributed by atoms with Gasteiger partial charge in [-0.15, -0.1) is 11.6 Å². The molecular formula is C11H25ClN+. The van der Waals surface area contributed by atoms with Gasteiger partial charge in [0.05, 0.1) is 19.6 Å². The summed E-state index contributed by atoms with van der Waals surface area (Å²) in [6, 6.07) is 0. The van der Waals surface area contributed by atoms with Gasteiger partial charge in [-0.3, -0.25) is 0 Å². The minimum absolute atomic E-state index is 0.821. The first-order valence-corrected chi connectivity index (χ1v) is 6.28. The van der Waals surface area contributed by atoms with Crippen molar-refractivity contribution >= 4 is 11.6 Å². The summed E-state index contributed by atoms with van der Waals surface area (Å²) in [5.41, 5.74) is 0. The predicted molar refractivity (Wildman–Crippen MR) is 60.7 cm³/mol. The molecule has 0 saturated carbocycles. The number of rotatable bonds is 9. The maximum absolute atomic E-state index is 5.70. The van der Waals surface area contributed by atoms with E-state index in [1.807, 2.05) is 0 Å². The van der Waals surface area contributed by atoms with Crippen LogP contribution in [-0.2, 0) is 0 Å². The SMILES string of the molecule is CCCC[NH+](CCCC)CCCCl. The van der Waals surface area contributed by atoms with E-state index in [1.165, 1.54) is 51.7 Å². The van der Waals surface area contributed by atoms with Gasteiger partial charge in [0.15, 0.2) is 0 Å². The Morgan fingerprint density at radius 3 is 1.69 bits per heavy atom. The Labute approximate surface area is 88.5 Å². The summed E-state index contributed by atoms with van der Waals surface area (Å²) < 4.78 is 0. The van der Waals surface area contributed by atoms with Crippen LogP contribution in [-0.4, -0.2) is 25.5 Å². The van der Waals surface area contributed by atoms with Gasteiger partial charge in [-0.25, -0.2) is 0 Å². The molecule has 0 aromatic heterocycles. The zero-order chi connectivity index (χ0) is 9.94. The summed E-state index contributed by atoms with van der Waals surface area (Å²) in [5.74, 6) is 0.821. The standard InChI is InChI=1S/C11H24ClN/c1-3-5-9-13(10-6-4-2)11-7-8-12/h3-11H2,1-2H3/p+1. The molecule has 0 aliphatic rings. The molecule has 2 heteroatoms. The van der Waals surface area contributed by atoms with E-state index in [0.29, 0.717) is 0 Å². The molecule has 0 bridgehead atoms. The van der Waals surface area contributed by atoms with Gasteiger partial charge in [-0.1, -0.05) is 26.7 Å². The topological polar surface area (TPSA) is 4.44 Å². The van der Waals surface area contributed by atoms with Gasteiger partial charge in [-0.05, 0) is 12.8 Å². The third-order valence-corrected chi connectivity index (χ3v) is 2.70. The molecule has 0 unspecified atom stereocenters. The van der Waals surface area contributed by atoms with Crippen LogP contribution >= 0.6 is 11.6 Å². The summed E-state index contributed by atoms with van der Waals surface area (Å²) in [4.78, 5) is 1.75. The van der Waals surface area contributed by atoms with E-state index in [9.17, 15) is 0 Å². The molecule has 80 valence electrons. The van der Waals surface area contributed by atoms with Crippen LogP contribution in [0.3, 0.4) is 0 Å². The number of hydrogen-bond acceptors (Lipinski definition) is 0. The molecule has 1 N–H and O–H groups in total. The van der Waals surface area contributed by atoms with Crippen LogP contribution in [0.5, 0.6) is 0 Å².